The molecule has 5 nitrogen and oxygen atoms in total. The molecule has 0 aromatic heterocycles. The zero-order valence-electron chi connectivity index (χ0n) is 14.6. The Balaban J connectivity index is 1.67. The van der Waals surface area contributed by atoms with Crippen molar-refractivity contribution >= 4 is 56.7 Å². The maximum Gasteiger partial charge on any atom is 0.306 e. The third-order valence-corrected chi connectivity index (χ3v) is 4.78. The highest BCUT2D eigenvalue weighted by Gasteiger charge is 2.10. The van der Waals surface area contributed by atoms with E-state index in [1.54, 1.807) is 37.3 Å². The van der Waals surface area contributed by atoms with Crippen molar-refractivity contribution in [2.75, 3.05) is 18.5 Å². The second-order valence-electron chi connectivity index (χ2n) is 5.65. The lowest BCUT2D eigenvalue weighted by Gasteiger charge is -2.10. The van der Waals surface area contributed by atoms with Gasteiger partial charge in [0.1, 0.15) is 5.75 Å². The van der Waals surface area contributed by atoms with Crippen molar-refractivity contribution < 1.29 is 19.1 Å². The lowest BCUT2D eigenvalue weighted by molar-refractivity contribution is -0.147. The Kier molecular flexibility index (Phi) is 8.41. The highest BCUT2D eigenvalue weighted by Crippen LogP contribution is 2.27. The van der Waals surface area contributed by atoms with Crippen molar-refractivity contribution in [2.24, 2.45) is 0 Å². The molecule has 2 aromatic carbocycles. The minimum atomic E-state index is -0.474. The van der Waals surface area contributed by atoms with Gasteiger partial charge < -0.3 is 14.8 Å². The van der Waals surface area contributed by atoms with Crippen LogP contribution in [0.5, 0.6) is 5.75 Å². The van der Waals surface area contributed by atoms with Gasteiger partial charge in [-0.3, -0.25) is 9.59 Å². The summed E-state index contributed by atoms with van der Waals surface area (Å²) in [7, 11) is 0. The smallest absolute Gasteiger partial charge is 0.306 e. The Bertz CT molecular complexity index is 829. The molecule has 27 heavy (non-hydrogen) atoms. The fourth-order valence-corrected chi connectivity index (χ4v) is 3.04. The van der Waals surface area contributed by atoms with Gasteiger partial charge in [-0.15, -0.1) is 0 Å². The van der Waals surface area contributed by atoms with Crippen LogP contribution in [0.4, 0.5) is 5.69 Å². The van der Waals surface area contributed by atoms with Crippen molar-refractivity contribution in [3.63, 3.8) is 0 Å². The number of hydrogen-bond acceptors (Lipinski definition) is 4. The summed E-state index contributed by atoms with van der Waals surface area (Å²) >= 11 is 15.4. The zero-order valence-corrected chi connectivity index (χ0v) is 17.7. The van der Waals surface area contributed by atoms with E-state index >= 15 is 0 Å². The van der Waals surface area contributed by atoms with E-state index in [0.29, 0.717) is 34.5 Å². The van der Waals surface area contributed by atoms with Gasteiger partial charge in [-0.2, -0.15) is 0 Å². The number of amides is 1. The molecule has 0 atom stereocenters. The maximum absolute atomic E-state index is 11.9. The molecule has 0 saturated heterocycles. The molecule has 0 radical (unpaired) electrons. The van der Waals surface area contributed by atoms with Crippen LogP contribution in [-0.4, -0.2) is 25.1 Å². The summed E-state index contributed by atoms with van der Waals surface area (Å²) < 4.78 is 11.3. The number of nitrogens with one attached hydrogen (secondary N) is 1. The average Bonchev–Trinajstić information content (AvgIpc) is 2.62. The lowest BCUT2D eigenvalue weighted by atomic mass is 10.2. The second-order valence-corrected chi connectivity index (χ2v) is 7.38. The number of anilines is 1. The predicted molar refractivity (Wildman–Crippen MR) is 110 cm³/mol. The minimum Gasteiger partial charge on any atom is -0.492 e. The van der Waals surface area contributed by atoms with Crippen molar-refractivity contribution in [3.8, 4) is 5.75 Å². The number of ether oxygens (including phenoxy) is 2. The summed E-state index contributed by atoms with van der Waals surface area (Å²) in [6.45, 7) is 1.75. The Morgan fingerprint density at radius 2 is 1.93 bits per heavy atom. The molecule has 2 aromatic rings. The summed E-state index contributed by atoms with van der Waals surface area (Å²) in [4.78, 5) is 23.6. The molecule has 0 fully saturated rings. The van der Waals surface area contributed by atoms with Gasteiger partial charge in [-0.05, 0) is 49.2 Å². The second kappa shape index (κ2) is 10.5. The SMILES string of the molecule is Cc1c(Cl)cccc1NC(=O)COC(=O)CCCOc1ccc(Br)cc1Cl. The molecular formula is C19H18BrCl2NO4. The topological polar surface area (TPSA) is 64.6 Å². The summed E-state index contributed by atoms with van der Waals surface area (Å²) in [6, 6.07) is 10.5. The Labute approximate surface area is 176 Å². The quantitative estimate of drug-likeness (QED) is 0.410. The zero-order chi connectivity index (χ0) is 19.8. The molecular weight excluding hydrogens is 457 g/mol. The predicted octanol–water partition coefficient (Wildman–Crippen LogP) is 5.41. The van der Waals surface area contributed by atoms with E-state index < -0.39 is 11.9 Å². The van der Waals surface area contributed by atoms with Crippen LogP contribution in [0.15, 0.2) is 40.9 Å². The third kappa shape index (κ3) is 7.05. The van der Waals surface area contributed by atoms with E-state index in [1.165, 1.54) is 0 Å². The van der Waals surface area contributed by atoms with Crippen molar-refractivity contribution in [1.29, 1.82) is 0 Å². The van der Waals surface area contributed by atoms with Crippen LogP contribution in [0, 0.1) is 6.92 Å². The first-order valence-electron chi connectivity index (χ1n) is 8.15. The Hall–Kier alpha value is -1.76. The Morgan fingerprint density at radius 1 is 1.15 bits per heavy atom. The number of carbonyl (C=O) groups is 2. The highest BCUT2D eigenvalue weighted by molar-refractivity contribution is 9.10. The number of rotatable bonds is 8. The van der Waals surface area contributed by atoms with Crippen LogP contribution in [0.25, 0.3) is 0 Å². The van der Waals surface area contributed by atoms with Gasteiger partial charge in [-0.1, -0.05) is 45.2 Å². The molecule has 144 valence electrons. The van der Waals surface area contributed by atoms with E-state index in [1.807, 2.05) is 6.07 Å². The number of hydrogen-bond donors (Lipinski definition) is 1. The monoisotopic (exact) mass is 473 g/mol. The van der Waals surface area contributed by atoms with Crippen molar-refractivity contribution in [3.05, 3.63) is 56.5 Å². The lowest BCUT2D eigenvalue weighted by Crippen LogP contribution is -2.21. The molecule has 1 amide bonds. The van der Waals surface area contributed by atoms with Crippen molar-refractivity contribution in [1.82, 2.24) is 0 Å². The molecule has 1 N–H and O–H groups in total. The van der Waals surface area contributed by atoms with Crippen LogP contribution in [0.3, 0.4) is 0 Å². The molecule has 2 rings (SSSR count). The molecule has 0 heterocycles. The summed E-state index contributed by atoms with van der Waals surface area (Å²) in [5.74, 6) is -0.352. The first-order valence-corrected chi connectivity index (χ1v) is 9.70. The number of esters is 1. The highest BCUT2D eigenvalue weighted by atomic mass is 79.9. The molecule has 0 bridgehead atoms. The summed E-state index contributed by atoms with van der Waals surface area (Å²) in [5, 5.41) is 3.70. The average molecular weight is 475 g/mol. The standard InChI is InChI=1S/C19H18BrCl2NO4/c1-12-14(21)4-2-5-16(12)23-18(24)11-27-19(25)6-3-9-26-17-8-7-13(20)10-15(17)22/h2,4-5,7-8,10H,3,6,9,11H2,1H3,(H,23,24). The minimum absolute atomic E-state index is 0.137. The number of carbonyl (C=O) groups excluding carboxylic acids is 2. The van der Waals surface area contributed by atoms with Crippen LogP contribution in [0.2, 0.25) is 10.0 Å². The molecule has 0 unspecified atom stereocenters. The number of halogens is 3. The molecule has 0 aliphatic carbocycles. The van der Waals surface area contributed by atoms with Gasteiger partial charge >= 0.3 is 5.97 Å². The van der Waals surface area contributed by atoms with Crippen LogP contribution < -0.4 is 10.1 Å². The van der Waals surface area contributed by atoms with E-state index in [0.717, 1.165) is 10.0 Å². The molecule has 0 aliphatic heterocycles. The van der Waals surface area contributed by atoms with Gasteiger partial charge in [0.05, 0.1) is 11.6 Å². The molecule has 8 heteroatoms. The fourth-order valence-electron chi connectivity index (χ4n) is 2.14. The van der Waals surface area contributed by atoms with E-state index in [4.69, 9.17) is 32.7 Å². The van der Waals surface area contributed by atoms with Gasteiger partial charge in [0.25, 0.3) is 5.91 Å². The van der Waals surface area contributed by atoms with Crippen LogP contribution >= 0.6 is 39.1 Å². The van der Waals surface area contributed by atoms with Gasteiger partial charge in [0, 0.05) is 21.6 Å². The van der Waals surface area contributed by atoms with E-state index in [2.05, 4.69) is 21.2 Å². The van der Waals surface area contributed by atoms with Crippen LogP contribution in [0.1, 0.15) is 18.4 Å². The largest absolute Gasteiger partial charge is 0.492 e. The molecule has 0 spiro atoms. The third-order valence-electron chi connectivity index (χ3n) is 3.58. The van der Waals surface area contributed by atoms with Gasteiger partial charge in [-0.25, -0.2) is 0 Å². The van der Waals surface area contributed by atoms with E-state index in [-0.39, 0.29) is 13.0 Å². The summed E-state index contributed by atoms with van der Waals surface area (Å²) in [5.41, 5.74) is 1.34. The summed E-state index contributed by atoms with van der Waals surface area (Å²) in [6.07, 6.45) is 0.581. The molecule has 0 aliphatic rings. The fraction of sp³-hybridized carbons (Fsp3) is 0.263. The van der Waals surface area contributed by atoms with Gasteiger partial charge in [0.2, 0.25) is 0 Å². The van der Waals surface area contributed by atoms with Gasteiger partial charge in [0.15, 0.2) is 6.61 Å². The number of benzene rings is 2. The first-order chi connectivity index (χ1) is 12.9. The Morgan fingerprint density at radius 3 is 2.67 bits per heavy atom. The normalized spacial score (nSPS) is 10.4. The molecule has 0 saturated carbocycles. The maximum atomic E-state index is 11.9. The van der Waals surface area contributed by atoms with Crippen LogP contribution in [-0.2, 0) is 14.3 Å². The first kappa shape index (κ1) is 21.5. The van der Waals surface area contributed by atoms with E-state index in [9.17, 15) is 9.59 Å². The van der Waals surface area contributed by atoms with Crippen molar-refractivity contribution in [2.45, 2.75) is 19.8 Å².